The van der Waals surface area contributed by atoms with Crippen molar-refractivity contribution < 1.29 is 13.9 Å². The lowest BCUT2D eigenvalue weighted by molar-refractivity contribution is -0.122. The zero-order valence-corrected chi connectivity index (χ0v) is 15.6. The molecule has 0 fully saturated rings. The highest BCUT2D eigenvalue weighted by molar-refractivity contribution is 9.10. The van der Waals surface area contributed by atoms with Crippen LogP contribution in [-0.4, -0.2) is 12.0 Å². The molecule has 3 aromatic carbocycles. The van der Waals surface area contributed by atoms with Gasteiger partial charge in [0.15, 0.2) is 6.10 Å². The van der Waals surface area contributed by atoms with Crippen molar-refractivity contribution in [3.05, 3.63) is 71.2 Å². The first-order valence-corrected chi connectivity index (χ1v) is 9.04. The number of anilines is 1. The van der Waals surface area contributed by atoms with Gasteiger partial charge < -0.3 is 14.5 Å². The van der Waals surface area contributed by atoms with Crippen LogP contribution in [0.1, 0.15) is 6.92 Å². The van der Waals surface area contributed by atoms with Crippen LogP contribution in [0.3, 0.4) is 0 Å². The number of nitrogens with one attached hydrogen (secondary N) is 1. The Bertz CT molecular complexity index is 1090. The molecule has 0 aliphatic heterocycles. The predicted octanol–water partition coefficient (Wildman–Crippen LogP) is 5.75. The fraction of sp³-hybridized carbons (Fsp3) is 0.0952. The standard InChI is InChI=1S/C21H16BrNO3/c1-13(21(24)23-15-8-6-14(22)7-9-15)25-16-10-11-20-18(12-16)17-4-2-3-5-19(17)26-20/h2-13H,1H3,(H,23,24)/t13-/m0/s1. The normalized spacial score (nSPS) is 12.2. The number of ether oxygens (including phenoxy) is 1. The number of halogens is 1. The largest absolute Gasteiger partial charge is 0.481 e. The molecule has 4 rings (SSSR count). The first-order valence-electron chi connectivity index (χ1n) is 8.24. The van der Waals surface area contributed by atoms with Gasteiger partial charge in [0.25, 0.3) is 5.91 Å². The molecule has 1 atom stereocenters. The van der Waals surface area contributed by atoms with E-state index in [0.717, 1.165) is 32.1 Å². The lowest BCUT2D eigenvalue weighted by Crippen LogP contribution is -2.30. The maximum Gasteiger partial charge on any atom is 0.265 e. The maximum absolute atomic E-state index is 12.4. The number of carbonyl (C=O) groups excluding carboxylic acids is 1. The van der Waals surface area contributed by atoms with Crippen LogP contribution in [0, 0.1) is 0 Å². The summed E-state index contributed by atoms with van der Waals surface area (Å²) < 4.78 is 12.6. The van der Waals surface area contributed by atoms with Crippen molar-refractivity contribution in [1.82, 2.24) is 0 Å². The monoisotopic (exact) mass is 409 g/mol. The molecular weight excluding hydrogens is 394 g/mol. The van der Waals surface area contributed by atoms with Gasteiger partial charge in [-0.1, -0.05) is 34.1 Å². The zero-order chi connectivity index (χ0) is 18.1. The van der Waals surface area contributed by atoms with Crippen LogP contribution in [0.25, 0.3) is 21.9 Å². The van der Waals surface area contributed by atoms with E-state index >= 15 is 0 Å². The van der Waals surface area contributed by atoms with Crippen molar-refractivity contribution in [2.24, 2.45) is 0 Å². The molecular formula is C21H16BrNO3. The molecule has 130 valence electrons. The molecule has 4 aromatic rings. The summed E-state index contributed by atoms with van der Waals surface area (Å²) in [6.45, 7) is 1.73. The van der Waals surface area contributed by atoms with E-state index in [9.17, 15) is 4.79 Å². The van der Waals surface area contributed by atoms with Crippen LogP contribution in [-0.2, 0) is 4.79 Å². The fourth-order valence-electron chi connectivity index (χ4n) is 2.81. The van der Waals surface area contributed by atoms with Gasteiger partial charge in [-0.15, -0.1) is 0 Å². The number of furan rings is 1. The third-order valence-corrected chi connectivity index (χ3v) is 4.67. The molecule has 0 aliphatic rings. The Morgan fingerprint density at radius 2 is 1.73 bits per heavy atom. The summed E-state index contributed by atoms with van der Waals surface area (Å²) in [4.78, 5) is 12.4. The second-order valence-electron chi connectivity index (χ2n) is 6.01. The van der Waals surface area contributed by atoms with Crippen LogP contribution in [0.2, 0.25) is 0 Å². The van der Waals surface area contributed by atoms with Gasteiger partial charge in [0.05, 0.1) is 0 Å². The predicted molar refractivity (Wildman–Crippen MR) is 107 cm³/mol. The van der Waals surface area contributed by atoms with E-state index in [1.807, 2.05) is 66.7 Å². The van der Waals surface area contributed by atoms with E-state index in [-0.39, 0.29) is 5.91 Å². The average Bonchev–Trinajstić information content (AvgIpc) is 3.01. The Kier molecular flexibility index (Phi) is 4.39. The van der Waals surface area contributed by atoms with Gasteiger partial charge in [-0.25, -0.2) is 0 Å². The molecule has 0 saturated carbocycles. The van der Waals surface area contributed by atoms with E-state index in [1.165, 1.54) is 0 Å². The van der Waals surface area contributed by atoms with Crippen LogP contribution in [0.15, 0.2) is 75.6 Å². The summed E-state index contributed by atoms with van der Waals surface area (Å²) in [7, 11) is 0. The molecule has 1 N–H and O–H groups in total. The number of benzene rings is 3. The van der Waals surface area contributed by atoms with Gasteiger partial charge in [0.2, 0.25) is 0 Å². The summed E-state index contributed by atoms with van der Waals surface area (Å²) in [6.07, 6.45) is -0.630. The molecule has 0 saturated heterocycles. The van der Waals surface area contributed by atoms with Gasteiger partial charge in [0.1, 0.15) is 16.9 Å². The third-order valence-electron chi connectivity index (χ3n) is 4.14. The van der Waals surface area contributed by atoms with Crippen molar-refractivity contribution in [2.75, 3.05) is 5.32 Å². The van der Waals surface area contributed by atoms with E-state index < -0.39 is 6.10 Å². The average molecular weight is 410 g/mol. The van der Waals surface area contributed by atoms with Gasteiger partial charge in [-0.3, -0.25) is 4.79 Å². The summed E-state index contributed by atoms with van der Waals surface area (Å²) >= 11 is 3.37. The van der Waals surface area contributed by atoms with Crippen molar-refractivity contribution in [2.45, 2.75) is 13.0 Å². The lowest BCUT2D eigenvalue weighted by atomic mass is 10.1. The number of para-hydroxylation sites is 1. The molecule has 4 nitrogen and oxygen atoms in total. The summed E-state index contributed by atoms with van der Waals surface area (Å²) in [5, 5.41) is 4.85. The Morgan fingerprint density at radius 1 is 1.00 bits per heavy atom. The zero-order valence-electron chi connectivity index (χ0n) is 14.0. The minimum Gasteiger partial charge on any atom is -0.481 e. The molecule has 1 heterocycles. The SMILES string of the molecule is C[C@H](Oc1ccc2oc3ccccc3c2c1)C(=O)Nc1ccc(Br)cc1. The number of amides is 1. The quantitative estimate of drug-likeness (QED) is 0.466. The molecule has 0 unspecified atom stereocenters. The van der Waals surface area contributed by atoms with Crippen molar-refractivity contribution in [3.8, 4) is 5.75 Å². The van der Waals surface area contributed by atoms with Gasteiger partial charge >= 0.3 is 0 Å². The molecule has 0 spiro atoms. The molecule has 1 amide bonds. The minimum absolute atomic E-state index is 0.204. The number of hydrogen-bond donors (Lipinski definition) is 1. The topological polar surface area (TPSA) is 51.5 Å². The number of fused-ring (bicyclic) bond motifs is 3. The third kappa shape index (κ3) is 3.30. The van der Waals surface area contributed by atoms with Crippen molar-refractivity contribution >= 4 is 49.5 Å². The highest BCUT2D eigenvalue weighted by Gasteiger charge is 2.16. The molecule has 26 heavy (non-hydrogen) atoms. The fourth-order valence-corrected chi connectivity index (χ4v) is 3.08. The summed E-state index contributed by atoms with van der Waals surface area (Å²) in [6, 6.07) is 20.9. The Hall–Kier alpha value is -2.79. The van der Waals surface area contributed by atoms with Gasteiger partial charge in [0, 0.05) is 20.9 Å². The van der Waals surface area contributed by atoms with E-state index in [4.69, 9.17) is 9.15 Å². The molecule has 0 radical (unpaired) electrons. The maximum atomic E-state index is 12.4. The first-order chi connectivity index (χ1) is 12.6. The number of carbonyl (C=O) groups is 1. The smallest absolute Gasteiger partial charge is 0.265 e. The van der Waals surface area contributed by atoms with Crippen LogP contribution in [0.5, 0.6) is 5.75 Å². The number of hydrogen-bond acceptors (Lipinski definition) is 3. The van der Waals surface area contributed by atoms with Crippen LogP contribution < -0.4 is 10.1 Å². The van der Waals surface area contributed by atoms with E-state index in [2.05, 4.69) is 21.2 Å². The van der Waals surface area contributed by atoms with Crippen molar-refractivity contribution in [3.63, 3.8) is 0 Å². The Labute approximate surface area is 158 Å². The Morgan fingerprint density at radius 3 is 2.54 bits per heavy atom. The summed E-state index contributed by atoms with van der Waals surface area (Å²) in [5.74, 6) is 0.423. The minimum atomic E-state index is -0.630. The highest BCUT2D eigenvalue weighted by atomic mass is 79.9. The van der Waals surface area contributed by atoms with Gasteiger partial charge in [-0.05, 0) is 55.5 Å². The lowest BCUT2D eigenvalue weighted by Gasteiger charge is -2.15. The van der Waals surface area contributed by atoms with Crippen LogP contribution in [0.4, 0.5) is 5.69 Å². The molecule has 5 heteroatoms. The molecule has 1 aromatic heterocycles. The number of rotatable bonds is 4. The van der Waals surface area contributed by atoms with Gasteiger partial charge in [-0.2, -0.15) is 0 Å². The second kappa shape index (κ2) is 6.84. The summed E-state index contributed by atoms with van der Waals surface area (Å²) in [5.41, 5.74) is 2.36. The molecule has 0 bridgehead atoms. The second-order valence-corrected chi connectivity index (χ2v) is 6.93. The van der Waals surface area contributed by atoms with E-state index in [0.29, 0.717) is 5.75 Å². The van der Waals surface area contributed by atoms with E-state index in [1.54, 1.807) is 6.92 Å². The molecule has 0 aliphatic carbocycles. The first kappa shape index (κ1) is 16.7. The van der Waals surface area contributed by atoms with Crippen LogP contribution >= 0.6 is 15.9 Å². The van der Waals surface area contributed by atoms with Crippen molar-refractivity contribution in [1.29, 1.82) is 0 Å². The highest BCUT2D eigenvalue weighted by Crippen LogP contribution is 2.31. The Balaban J connectivity index is 1.53.